The van der Waals surface area contributed by atoms with Crippen molar-refractivity contribution in [3.8, 4) is 5.75 Å². The number of methoxy groups -OCH3 is 1. The summed E-state index contributed by atoms with van der Waals surface area (Å²) in [5, 5.41) is 2.82. The number of amides is 2. The van der Waals surface area contributed by atoms with E-state index in [1.807, 2.05) is 12.1 Å². The van der Waals surface area contributed by atoms with Gasteiger partial charge in [-0.15, -0.1) is 0 Å². The highest BCUT2D eigenvalue weighted by molar-refractivity contribution is 5.94. The van der Waals surface area contributed by atoms with Crippen LogP contribution in [0.1, 0.15) is 38.5 Å². The van der Waals surface area contributed by atoms with Crippen molar-refractivity contribution >= 4 is 17.5 Å². The average molecular weight is 373 g/mol. The van der Waals surface area contributed by atoms with Gasteiger partial charge in [0.05, 0.1) is 20.2 Å². The van der Waals surface area contributed by atoms with E-state index in [0.717, 1.165) is 12.5 Å². The molecule has 1 saturated carbocycles. The van der Waals surface area contributed by atoms with Crippen molar-refractivity contribution in [3.05, 3.63) is 24.3 Å². The lowest BCUT2D eigenvalue weighted by Gasteiger charge is -2.44. The number of carbonyl (C=O) groups excluding carboxylic acids is 2. The lowest BCUT2D eigenvalue weighted by atomic mass is 9.78. The molecule has 3 rings (SSSR count). The van der Waals surface area contributed by atoms with Crippen LogP contribution in [0, 0.1) is 5.92 Å². The third-order valence-corrected chi connectivity index (χ3v) is 5.86. The predicted molar refractivity (Wildman–Crippen MR) is 106 cm³/mol. The maximum absolute atomic E-state index is 12.7. The molecule has 1 heterocycles. The van der Waals surface area contributed by atoms with Gasteiger partial charge in [-0.2, -0.15) is 0 Å². The second-order valence-electron chi connectivity index (χ2n) is 7.75. The first kappa shape index (κ1) is 19.7. The Morgan fingerprint density at radius 1 is 1.22 bits per heavy atom. The predicted octanol–water partition coefficient (Wildman–Crippen LogP) is 2.75. The Bertz CT molecular complexity index is 662. The fourth-order valence-electron chi connectivity index (χ4n) is 4.42. The lowest BCUT2D eigenvalue weighted by Crippen LogP contribution is -2.51. The summed E-state index contributed by atoms with van der Waals surface area (Å²) in [7, 11) is 3.29. The number of carbonyl (C=O) groups is 2. The fraction of sp³-hybridized carbons (Fsp3) is 0.619. The number of hydrogen-bond acceptors (Lipinski definition) is 4. The summed E-state index contributed by atoms with van der Waals surface area (Å²) >= 11 is 0. The molecule has 1 aliphatic heterocycles. The summed E-state index contributed by atoms with van der Waals surface area (Å²) in [4.78, 5) is 28.8. The molecule has 2 amide bonds. The standard InChI is InChI=1S/C21H31N3O3/c1-23(14-20(25)22-17-9-5-10-18(13-17)27-2)21(26)15-24-12-6-8-16-7-3-4-11-19(16)24/h5,9-10,13,16,19H,3-4,6-8,11-12,14-15H2,1-2H3,(H,22,25)/t16-,19-/m0/s1. The van der Waals surface area contributed by atoms with Gasteiger partial charge >= 0.3 is 0 Å². The maximum Gasteiger partial charge on any atom is 0.243 e. The zero-order valence-electron chi connectivity index (χ0n) is 16.4. The molecule has 2 fully saturated rings. The summed E-state index contributed by atoms with van der Waals surface area (Å²) < 4.78 is 5.16. The van der Waals surface area contributed by atoms with Crippen LogP contribution in [0.2, 0.25) is 0 Å². The molecule has 0 bridgehead atoms. The molecule has 27 heavy (non-hydrogen) atoms. The number of anilines is 1. The Morgan fingerprint density at radius 2 is 2.00 bits per heavy atom. The highest BCUT2D eigenvalue weighted by atomic mass is 16.5. The summed E-state index contributed by atoms with van der Waals surface area (Å²) in [5.41, 5.74) is 0.668. The highest BCUT2D eigenvalue weighted by Crippen LogP contribution is 2.35. The van der Waals surface area contributed by atoms with E-state index in [-0.39, 0.29) is 18.4 Å². The molecule has 0 radical (unpaired) electrons. The maximum atomic E-state index is 12.7. The van der Waals surface area contributed by atoms with Crippen molar-refractivity contribution in [2.45, 2.75) is 44.6 Å². The van der Waals surface area contributed by atoms with Crippen LogP contribution in [0.4, 0.5) is 5.69 Å². The average Bonchev–Trinajstić information content (AvgIpc) is 2.68. The number of nitrogens with one attached hydrogen (secondary N) is 1. The van der Waals surface area contributed by atoms with E-state index in [1.54, 1.807) is 26.3 Å². The number of fused-ring (bicyclic) bond motifs is 1. The summed E-state index contributed by atoms with van der Waals surface area (Å²) in [6, 6.07) is 7.76. The lowest BCUT2D eigenvalue weighted by molar-refractivity contribution is -0.135. The zero-order chi connectivity index (χ0) is 19.2. The van der Waals surface area contributed by atoms with Crippen LogP contribution in [-0.4, -0.2) is 61.4 Å². The molecule has 1 aliphatic carbocycles. The van der Waals surface area contributed by atoms with Gasteiger partial charge in [-0.3, -0.25) is 14.5 Å². The molecule has 1 saturated heterocycles. The normalized spacial score (nSPS) is 22.6. The molecule has 2 aliphatic rings. The van der Waals surface area contributed by atoms with E-state index >= 15 is 0 Å². The SMILES string of the molecule is COc1cccc(NC(=O)CN(C)C(=O)CN2CCC[C@@H]3CCCC[C@@H]32)c1. The largest absolute Gasteiger partial charge is 0.497 e. The summed E-state index contributed by atoms with van der Waals surface area (Å²) in [6.45, 7) is 1.47. The van der Waals surface area contributed by atoms with Gasteiger partial charge in [-0.1, -0.05) is 18.9 Å². The number of hydrogen-bond donors (Lipinski definition) is 1. The van der Waals surface area contributed by atoms with E-state index in [9.17, 15) is 9.59 Å². The molecule has 2 atom stereocenters. The van der Waals surface area contributed by atoms with Gasteiger partial charge in [0.1, 0.15) is 5.75 Å². The van der Waals surface area contributed by atoms with Gasteiger partial charge in [-0.25, -0.2) is 0 Å². The summed E-state index contributed by atoms with van der Waals surface area (Å²) in [5.74, 6) is 1.25. The van der Waals surface area contributed by atoms with Gasteiger partial charge < -0.3 is 15.0 Å². The van der Waals surface area contributed by atoms with Crippen LogP contribution in [0.3, 0.4) is 0 Å². The van der Waals surface area contributed by atoms with Crippen molar-refractivity contribution in [2.75, 3.05) is 39.1 Å². The first-order valence-corrected chi connectivity index (χ1v) is 9.98. The first-order valence-electron chi connectivity index (χ1n) is 9.98. The van der Waals surface area contributed by atoms with Crippen molar-refractivity contribution in [1.29, 1.82) is 0 Å². The fourth-order valence-corrected chi connectivity index (χ4v) is 4.42. The van der Waals surface area contributed by atoms with Crippen LogP contribution in [0.15, 0.2) is 24.3 Å². The third-order valence-electron chi connectivity index (χ3n) is 5.86. The van der Waals surface area contributed by atoms with Crippen molar-refractivity contribution in [2.24, 2.45) is 5.92 Å². The zero-order valence-corrected chi connectivity index (χ0v) is 16.4. The molecule has 1 aromatic rings. The number of rotatable bonds is 6. The number of likely N-dealkylation sites (tertiary alicyclic amines) is 1. The van der Waals surface area contributed by atoms with Crippen molar-refractivity contribution in [3.63, 3.8) is 0 Å². The van der Waals surface area contributed by atoms with Crippen LogP contribution in [-0.2, 0) is 9.59 Å². The quantitative estimate of drug-likeness (QED) is 0.833. The van der Waals surface area contributed by atoms with Gasteiger partial charge in [-0.05, 0) is 50.3 Å². The van der Waals surface area contributed by atoms with Crippen LogP contribution in [0.25, 0.3) is 0 Å². The van der Waals surface area contributed by atoms with Crippen LogP contribution in [0.5, 0.6) is 5.75 Å². The number of piperidine rings is 1. The molecule has 148 valence electrons. The minimum absolute atomic E-state index is 0.0158. The highest BCUT2D eigenvalue weighted by Gasteiger charge is 2.34. The molecular formula is C21H31N3O3. The number of nitrogens with zero attached hydrogens (tertiary/aromatic N) is 2. The Hall–Kier alpha value is -2.08. The van der Waals surface area contributed by atoms with Gasteiger partial charge in [0, 0.05) is 24.8 Å². The Balaban J connectivity index is 1.50. The van der Waals surface area contributed by atoms with E-state index in [2.05, 4.69) is 10.2 Å². The van der Waals surface area contributed by atoms with Gasteiger partial charge in [0.15, 0.2) is 0 Å². The Morgan fingerprint density at radius 3 is 2.81 bits per heavy atom. The number of likely N-dealkylation sites (N-methyl/N-ethyl adjacent to an activating group) is 1. The minimum Gasteiger partial charge on any atom is -0.497 e. The van der Waals surface area contributed by atoms with E-state index in [4.69, 9.17) is 4.74 Å². The van der Waals surface area contributed by atoms with Crippen molar-refractivity contribution in [1.82, 2.24) is 9.80 Å². The van der Waals surface area contributed by atoms with E-state index in [0.29, 0.717) is 24.0 Å². The molecule has 0 unspecified atom stereocenters. The molecule has 0 aromatic heterocycles. The van der Waals surface area contributed by atoms with E-state index in [1.165, 1.54) is 43.4 Å². The number of benzene rings is 1. The Labute approximate surface area is 161 Å². The molecule has 1 N–H and O–H groups in total. The number of ether oxygens (including phenoxy) is 1. The smallest absolute Gasteiger partial charge is 0.243 e. The molecule has 0 spiro atoms. The second-order valence-corrected chi connectivity index (χ2v) is 7.75. The molecule has 6 nitrogen and oxygen atoms in total. The minimum atomic E-state index is -0.201. The monoisotopic (exact) mass is 373 g/mol. The van der Waals surface area contributed by atoms with Crippen LogP contribution >= 0.6 is 0 Å². The topological polar surface area (TPSA) is 61.9 Å². The van der Waals surface area contributed by atoms with Crippen molar-refractivity contribution < 1.29 is 14.3 Å². The second kappa shape index (κ2) is 9.22. The summed E-state index contributed by atoms with van der Waals surface area (Å²) in [6.07, 6.45) is 7.58. The van der Waals surface area contributed by atoms with Gasteiger partial charge in [0.25, 0.3) is 0 Å². The molecular weight excluding hydrogens is 342 g/mol. The van der Waals surface area contributed by atoms with Crippen LogP contribution < -0.4 is 10.1 Å². The Kier molecular flexibility index (Phi) is 6.72. The van der Waals surface area contributed by atoms with Gasteiger partial charge in [0.2, 0.25) is 11.8 Å². The molecule has 6 heteroatoms. The molecule has 1 aromatic carbocycles. The van der Waals surface area contributed by atoms with E-state index < -0.39 is 0 Å². The third kappa shape index (κ3) is 5.22. The first-order chi connectivity index (χ1) is 13.1.